The largest absolute Gasteiger partial charge is 0.508 e. The highest BCUT2D eigenvalue weighted by molar-refractivity contribution is 6.08. The van der Waals surface area contributed by atoms with Crippen molar-refractivity contribution in [1.29, 1.82) is 0 Å². The normalized spacial score (nSPS) is 14.9. The summed E-state index contributed by atoms with van der Waals surface area (Å²) in [5, 5.41) is 28.8. The molecule has 1 saturated heterocycles. The first kappa shape index (κ1) is 47.7. The number of ether oxygens (including phenoxy) is 2. The molecule has 2 aliphatic carbocycles. The predicted molar refractivity (Wildman–Crippen MR) is 269 cm³/mol. The molecule has 5 aromatic carbocycles. The van der Waals surface area contributed by atoms with E-state index in [1.165, 1.54) is 53.2 Å². The highest BCUT2D eigenvalue weighted by atomic mass is 16.5. The zero-order valence-corrected chi connectivity index (χ0v) is 39.0. The molecule has 0 bridgehead atoms. The Morgan fingerprint density at radius 3 is 2.22 bits per heavy atom. The van der Waals surface area contributed by atoms with Crippen LogP contribution in [0.2, 0.25) is 0 Å². The molecule has 3 heterocycles. The molecular formula is C56H47N5O12. The summed E-state index contributed by atoms with van der Waals surface area (Å²) in [7, 11) is 0. The molecule has 0 unspecified atom stereocenters. The Morgan fingerprint density at radius 2 is 1.49 bits per heavy atom. The standard InChI is InChI=1S/C56H47N5O12/c62-28-35-14-13-33(53(67)57-22-21-34-27-61(55(69)60-54(34)68)49-20-16-37(29-63)72-49)23-44(35)50-42-17-15-36(64)24-48(42)73-51-43(50)18-19-47(65)45(51)26-58-52(66)32-11-9-31(10-12-32)25-59-56(70)71-30-46-40-7-3-1-5-38(40)39-6-2-4-8-41(39)46/h1-15,17-19,23-24,27-28,37,46,49,63-64H,16,20-22,25-26,29-30H2,(H,57,67)(H,58,66)(H,59,70)(H,60,68,69)/t37-,49+/m0/s1. The number of phenolic OH excluding ortho intramolecular Hbond substituents is 1. The predicted octanol–water partition coefficient (Wildman–Crippen LogP) is 6.54. The topological polar surface area (TPSA) is 248 Å². The summed E-state index contributed by atoms with van der Waals surface area (Å²) in [5.41, 5.74) is 5.63. The number of alkyl carbamates (subject to hydrolysis) is 1. The second kappa shape index (κ2) is 20.4. The van der Waals surface area contributed by atoms with Gasteiger partial charge in [0.25, 0.3) is 17.4 Å². The zero-order chi connectivity index (χ0) is 50.8. The van der Waals surface area contributed by atoms with Crippen LogP contribution in [0.15, 0.2) is 146 Å². The molecular weight excluding hydrogens is 935 g/mol. The number of aldehydes is 1. The lowest BCUT2D eigenvalue weighted by Gasteiger charge is -2.19. The molecule has 2 aliphatic heterocycles. The molecule has 17 heteroatoms. The van der Waals surface area contributed by atoms with E-state index in [4.69, 9.17) is 13.9 Å². The van der Waals surface area contributed by atoms with Gasteiger partial charge >= 0.3 is 11.8 Å². The summed E-state index contributed by atoms with van der Waals surface area (Å²) in [6.07, 6.45) is 1.43. The van der Waals surface area contributed by atoms with Gasteiger partial charge in [-0.2, -0.15) is 0 Å². The second-order valence-electron chi connectivity index (χ2n) is 17.9. The van der Waals surface area contributed by atoms with E-state index in [9.17, 15) is 43.8 Å². The zero-order valence-electron chi connectivity index (χ0n) is 39.0. The molecule has 1 fully saturated rings. The van der Waals surface area contributed by atoms with Crippen molar-refractivity contribution in [3.8, 4) is 39.3 Å². The fraction of sp³-hybridized carbons (Fsp3) is 0.196. The molecule has 10 rings (SSSR count). The lowest BCUT2D eigenvalue weighted by molar-refractivity contribution is -0.0247. The van der Waals surface area contributed by atoms with Gasteiger partial charge in [0.1, 0.15) is 29.9 Å². The van der Waals surface area contributed by atoms with E-state index in [0.717, 1.165) is 22.3 Å². The van der Waals surface area contributed by atoms with Gasteiger partial charge in [-0.05, 0) is 101 Å². The Balaban J connectivity index is 0.823. The van der Waals surface area contributed by atoms with Gasteiger partial charge in [-0.25, -0.2) is 9.59 Å². The van der Waals surface area contributed by atoms with Gasteiger partial charge in [0, 0.05) is 70.0 Å². The Labute approximate surface area is 415 Å². The van der Waals surface area contributed by atoms with Crippen LogP contribution < -0.4 is 32.6 Å². The number of aliphatic hydroxyl groups excluding tert-OH is 1. The lowest BCUT2D eigenvalue weighted by Crippen LogP contribution is -2.35. The van der Waals surface area contributed by atoms with Crippen LogP contribution >= 0.6 is 0 Å². The minimum absolute atomic E-state index is 0.00259. The van der Waals surface area contributed by atoms with E-state index >= 15 is 0 Å². The van der Waals surface area contributed by atoms with Crippen LogP contribution in [0.25, 0.3) is 44.5 Å². The first-order chi connectivity index (χ1) is 35.5. The number of H-pyrrole nitrogens is 1. The van der Waals surface area contributed by atoms with Crippen molar-refractivity contribution in [2.75, 3.05) is 19.8 Å². The first-order valence-electron chi connectivity index (χ1n) is 23.6. The maximum absolute atomic E-state index is 13.7. The number of hydrogen-bond donors (Lipinski definition) is 6. The first-order valence-corrected chi connectivity index (χ1v) is 23.6. The van der Waals surface area contributed by atoms with Gasteiger partial charge in [-0.15, -0.1) is 0 Å². The number of nitrogens with one attached hydrogen (secondary N) is 4. The van der Waals surface area contributed by atoms with Gasteiger partial charge in [0.2, 0.25) is 0 Å². The summed E-state index contributed by atoms with van der Waals surface area (Å²) in [5.74, 6) is -1.19. The van der Waals surface area contributed by atoms with Crippen LogP contribution in [0.5, 0.6) is 5.75 Å². The lowest BCUT2D eigenvalue weighted by atomic mass is 9.88. The van der Waals surface area contributed by atoms with Crippen LogP contribution in [-0.2, 0) is 29.0 Å². The quantitative estimate of drug-likeness (QED) is 0.0473. The van der Waals surface area contributed by atoms with Crippen molar-refractivity contribution < 1.29 is 43.3 Å². The molecule has 3 amide bonds. The smallest absolute Gasteiger partial charge is 0.407 e. The van der Waals surface area contributed by atoms with Crippen LogP contribution in [0.4, 0.5) is 4.79 Å². The maximum Gasteiger partial charge on any atom is 0.407 e. The molecule has 6 N–H and O–H groups in total. The number of nitrogens with zero attached hydrogens (tertiary/aromatic N) is 1. The number of amides is 3. The third kappa shape index (κ3) is 9.66. The van der Waals surface area contributed by atoms with Crippen molar-refractivity contribution in [1.82, 2.24) is 25.5 Å². The molecule has 1 aromatic heterocycles. The Kier molecular flexibility index (Phi) is 13.4. The third-order valence-corrected chi connectivity index (χ3v) is 13.4. The average molecular weight is 982 g/mol. The molecule has 17 nitrogen and oxygen atoms in total. The van der Waals surface area contributed by atoms with Crippen molar-refractivity contribution in [2.45, 2.75) is 50.6 Å². The minimum Gasteiger partial charge on any atom is -0.508 e. The maximum atomic E-state index is 13.7. The average Bonchev–Trinajstić information content (AvgIpc) is 4.02. The molecule has 0 radical (unpaired) electrons. The molecule has 0 saturated carbocycles. The van der Waals surface area contributed by atoms with Crippen LogP contribution in [0, 0.1) is 0 Å². The highest BCUT2D eigenvalue weighted by Gasteiger charge is 2.30. The van der Waals surface area contributed by atoms with Gasteiger partial charge in [-0.1, -0.05) is 66.7 Å². The van der Waals surface area contributed by atoms with E-state index in [0.29, 0.717) is 46.8 Å². The Bertz CT molecular complexity index is 3570. The third-order valence-electron chi connectivity index (χ3n) is 13.4. The van der Waals surface area contributed by atoms with Gasteiger partial charge < -0.3 is 40.1 Å². The van der Waals surface area contributed by atoms with Gasteiger partial charge in [0.05, 0.1) is 24.8 Å². The van der Waals surface area contributed by atoms with E-state index in [1.54, 1.807) is 30.3 Å². The van der Waals surface area contributed by atoms with Crippen molar-refractivity contribution in [3.05, 3.63) is 203 Å². The summed E-state index contributed by atoms with van der Waals surface area (Å²) < 4.78 is 19.0. The van der Waals surface area contributed by atoms with Crippen LogP contribution in [0.1, 0.15) is 83.9 Å². The van der Waals surface area contributed by atoms with Crippen LogP contribution in [-0.4, -0.2) is 69.8 Å². The van der Waals surface area contributed by atoms with Gasteiger partial charge in [-0.3, -0.25) is 33.5 Å². The van der Waals surface area contributed by atoms with E-state index in [2.05, 4.69) is 33.1 Å². The second-order valence-corrected chi connectivity index (χ2v) is 17.9. The van der Waals surface area contributed by atoms with Crippen molar-refractivity contribution >= 4 is 35.2 Å². The number of aromatic hydroxyl groups is 1. The van der Waals surface area contributed by atoms with E-state index in [1.807, 2.05) is 36.4 Å². The summed E-state index contributed by atoms with van der Waals surface area (Å²) in [4.78, 5) is 93.9. The Morgan fingerprint density at radius 1 is 0.767 bits per heavy atom. The van der Waals surface area contributed by atoms with E-state index < -0.39 is 46.9 Å². The number of phenols is 1. The fourth-order valence-corrected chi connectivity index (χ4v) is 9.68. The monoisotopic (exact) mass is 981 g/mol. The summed E-state index contributed by atoms with van der Waals surface area (Å²) in [6, 6.07) is 34.4. The van der Waals surface area contributed by atoms with Crippen molar-refractivity contribution in [2.24, 2.45) is 0 Å². The number of aromatic nitrogens is 2. The number of carbonyl (C=O) groups is 4. The highest BCUT2D eigenvalue weighted by Crippen LogP contribution is 2.45. The van der Waals surface area contributed by atoms with E-state index in [-0.39, 0.29) is 90.1 Å². The number of hydrogen-bond acceptors (Lipinski definition) is 12. The van der Waals surface area contributed by atoms with Gasteiger partial charge in [0.15, 0.2) is 11.7 Å². The Hall–Kier alpha value is -8.93. The number of rotatable bonds is 15. The van der Waals surface area contributed by atoms with Crippen molar-refractivity contribution in [3.63, 3.8) is 0 Å². The number of aliphatic hydroxyl groups is 1. The number of benzene rings is 6. The molecule has 0 spiro atoms. The fourth-order valence-electron chi connectivity index (χ4n) is 9.68. The number of carbonyl (C=O) groups excluding carboxylic acids is 4. The molecule has 2 atom stereocenters. The summed E-state index contributed by atoms with van der Waals surface area (Å²) in [6.45, 7) is -0.157. The minimum atomic E-state index is -0.659. The number of fused-ring (bicyclic) bond motifs is 5. The molecule has 6 aromatic rings. The molecule has 4 aliphatic rings. The number of aromatic amines is 1. The SMILES string of the molecule is O=Cc1ccc(C(=O)NCCc2cn([C@H]3CC[C@@H](CO)O3)c(=O)[nH]c2=O)cc1-c1c2ccc(=O)c(CNC(=O)c3ccc(CNC(=O)OCC4c5ccccc5-c5ccccc54)cc3)c-2oc2cc(O)ccc12. The van der Waals surface area contributed by atoms with Crippen LogP contribution in [0.3, 0.4) is 0 Å². The molecule has 368 valence electrons. The summed E-state index contributed by atoms with van der Waals surface area (Å²) >= 11 is 0. The molecule has 73 heavy (non-hydrogen) atoms.